The molecule has 0 fully saturated rings. The summed E-state index contributed by atoms with van der Waals surface area (Å²) in [6.07, 6.45) is -4.07. The van der Waals surface area contributed by atoms with Crippen LogP contribution in [-0.2, 0) is 16.2 Å². The first-order valence-corrected chi connectivity index (χ1v) is 13.9. The topological polar surface area (TPSA) is 100 Å². The van der Waals surface area contributed by atoms with Crippen LogP contribution < -0.4 is 5.73 Å². The Balaban J connectivity index is 1.78. The van der Waals surface area contributed by atoms with Gasteiger partial charge < -0.3 is 0 Å². The van der Waals surface area contributed by atoms with E-state index >= 15 is 0 Å². The van der Waals surface area contributed by atoms with Crippen molar-refractivity contribution in [3.63, 3.8) is 0 Å². The number of hydrazone groups is 1. The summed E-state index contributed by atoms with van der Waals surface area (Å²) in [5.41, 5.74) is 7.18. The number of aliphatic imine (C=N–C) groups is 1. The van der Waals surface area contributed by atoms with E-state index in [9.17, 15) is 21.6 Å². The molecule has 1 aliphatic heterocycles. The first kappa shape index (κ1) is 27.8. The second kappa shape index (κ2) is 11.3. The second-order valence-electron chi connectivity index (χ2n) is 8.23. The minimum absolute atomic E-state index is 0.0349. The van der Waals surface area contributed by atoms with Gasteiger partial charge in [0.15, 0.2) is 0 Å². The summed E-state index contributed by atoms with van der Waals surface area (Å²) >= 11 is 8.04. The third-order valence-electron chi connectivity index (χ3n) is 5.66. The number of sulfonamides is 1. The fourth-order valence-corrected chi connectivity index (χ4v) is 5.12. The Morgan fingerprint density at radius 2 is 1.66 bits per heavy atom. The van der Waals surface area contributed by atoms with E-state index in [1.165, 1.54) is 5.01 Å². The van der Waals surface area contributed by atoms with Gasteiger partial charge >= 0.3 is 231 Å². The summed E-state index contributed by atoms with van der Waals surface area (Å²) in [6.45, 7) is 0.252. The number of nitrogens with zero attached hydrogens (tertiary/aromatic N) is 4. The molecule has 3 aromatic carbocycles. The molecule has 0 saturated carbocycles. The van der Waals surface area contributed by atoms with Crippen molar-refractivity contribution in [3.8, 4) is 0 Å². The average Bonchev–Trinajstić information content (AvgIpc) is 2.88. The number of amidine groups is 1. The molecule has 0 bridgehead atoms. The van der Waals surface area contributed by atoms with Crippen molar-refractivity contribution < 1.29 is 21.6 Å². The molecular weight excluding hydrogens is 606 g/mol. The molecule has 4 rings (SSSR count). The zero-order chi connectivity index (χ0) is 27.5. The zero-order valence-electron chi connectivity index (χ0n) is 19.5. The summed E-state index contributed by atoms with van der Waals surface area (Å²) < 4.78 is 68.6. The van der Waals surface area contributed by atoms with Crippen LogP contribution >= 0.6 is 11.6 Å². The number of benzene rings is 3. The van der Waals surface area contributed by atoms with Gasteiger partial charge in [-0.3, -0.25) is 0 Å². The molecule has 0 radical (unpaired) electrons. The standard InChI is InChI=1S/C25H21ClF3N5O2SSe/c26-19-10-6-17(7-11-19)22-21(16-4-2-1-3-5-16)14-15-34(32-22)24(31-23(30)38)33-37(35,36)20-12-8-18(9-13-20)25(27,28)29/h1-13,21H,14-15H2,(H3,30,31,33,38). The summed E-state index contributed by atoms with van der Waals surface area (Å²) in [6, 6.07) is 19.8. The number of alkyl halides is 3. The van der Waals surface area contributed by atoms with E-state index in [0.29, 0.717) is 29.3 Å². The van der Waals surface area contributed by atoms with Gasteiger partial charge in [-0.05, 0) is 0 Å². The molecule has 1 unspecified atom stereocenters. The SMILES string of the molecule is NC([SeH])=NC(=NS(=O)(=O)c1ccc(C(F)(F)F)cc1)N1CCC(c2ccccc2)C(c2ccc(Cl)cc2)=N1. The Morgan fingerprint density at radius 1 is 1.03 bits per heavy atom. The maximum atomic E-state index is 13.0. The minimum atomic E-state index is -4.61. The van der Waals surface area contributed by atoms with E-state index in [1.807, 2.05) is 58.5 Å². The molecule has 0 amide bonds. The third-order valence-corrected chi connectivity index (χ3v) is 7.39. The normalized spacial score (nSPS) is 17.3. The summed E-state index contributed by atoms with van der Waals surface area (Å²) in [4.78, 5) is 3.64. The Labute approximate surface area is 230 Å². The molecule has 7 nitrogen and oxygen atoms in total. The summed E-state index contributed by atoms with van der Waals surface area (Å²) in [5, 5.41) is 6.58. The number of hydrogen-bond donors (Lipinski definition) is 1. The van der Waals surface area contributed by atoms with Crippen molar-refractivity contribution >= 4 is 54.0 Å². The molecule has 1 heterocycles. The van der Waals surface area contributed by atoms with Gasteiger partial charge in [0.1, 0.15) is 0 Å². The first-order chi connectivity index (χ1) is 17.9. The van der Waals surface area contributed by atoms with Gasteiger partial charge in [0.25, 0.3) is 0 Å². The van der Waals surface area contributed by atoms with E-state index in [1.54, 1.807) is 12.1 Å². The molecule has 0 aliphatic carbocycles. The molecule has 2 N–H and O–H groups in total. The van der Waals surface area contributed by atoms with E-state index in [0.717, 1.165) is 23.3 Å². The van der Waals surface area contributed by atoms with Crippen molar-refractivity contribution in [3.05, 3.63) is 101 Å². The quantitative estimate of drug-likeness (QED) is 0.262. The van der Waals surface area contributed by atoms with Crippen LogP contribution in [0.5, 0.6) is 0 Å². The summed E-state index contributed by atoms with van der Waals surface area (Å²) in [5.74, 6) is -0.430. The molecule has 13 heteroatoms. The van der Waals surface area contributed by atoms with E-state index in [2.05, 4.69) is 9.39 Å². The van der Waals surface area contributed by atoms with Crippen LogP contribution in [0.25, 0.3) is 0 Å². The molecule has 0 spiro atoms. The maximum absolute atomic E-state index is 13.0. The van der Waals surface area contributed by atoms with Crippen molar-refractivity contribution in [1.82, 2.24) is 5.01 Å². The third kappa shape index (κ3) is 6.63. The van der Waals surface area contributed by atoms with Crippen LogP contribution in [0, 0.1) is 0 Å². The molecule has 38 heavy (non-hydrogen) atoms. The van der Waals surface area contributed by atoms with Gasteiger partial charge in [-0.2, -0.15) is 0 Å². The zero-order valence-corrected chi connectivity index (χ0v) is 23.0. The van der Waals surface area contributed by atoms with E-state index < -0.39 is 26.7 Å². The second-order valence-corrected chi connectivity index (χ2v) is 11.2. The van der Waals surface area contributed by atoms with Gasteiger partial charge in [-0.15, -0.1) is 0 Å². The van der Waals surface area contributed by atoms with Gasteiger partial charge in [0, 0.05) is 0 Å². The van der Waals surface area contributed by atoms with Crippen molar-refractivity contribution in [2.75, 3.05) is 6.54 Å². The Morgan fingerprint density at radius 3 is 2.24 bits per heavy atom. The molecule has 1 atom stereocenters. The van der Waals surface area contributed by atoms with E-state index in [4.69, 9.17) is 22.4 Å². The van der Waals surface area contributed by atoms with Crippen LogP contribution in [0.1, 0.15) is 29.0 Å². The predicted octanol–water partition coefficient (Wildman–Crippen LogP) is 4.51. The van der Waals surface area contributed by atoms with Gasteiger partial charge in [0.05, 0.1) is 0 Å². The Bertz CT molecular complexity index is 1490. The number of rotatable bonds is 4. The number of halogens is 4. The fraction of sp³-hybridized carbons (Fsp3) is 0.160. The number of hydrogen-bond acceptors (Lipinski definition) is 3. The van der Waals surface area contributed by atoms with Gasteiger partial charge in [0.2, 0.25) is 0 Å². The van der Waals surface area contributed by atoms with Crippen molar-refractivity contribution in [1.29, 1.82) is 0 Å². The van der Waals surface area contributed by atoms with Crippen LogP contribution in [-0.4, -0.2) is 52.4 Å². The van der Waals surface area contributed by atoms with Gasteiger partial charge in [-0.1, -0.05) is 0 Å². The molecule has 198 valence electrons. The molecule has 0 aromatic heterocycles. The van der Waals surface area contributed by atoms with Crippen molar-refractivity contribution in [2.45, 2.75) is 23.4 Å². The Hall–Kier alpha value is -3.18. The summed E-state index contributed by atoms with van der Waals surface area (Å²) in [7, 11) is -4.45. The van der Waals surface area contributed by atoms with Crippen LogP contribution in [0.4, 0.5) is 13.2 Å². The number of nitrogens with two attached hydrogens (primary N) is 1. The van der Waals surface area contributed by atoms with Crippen LogP contribution in [0.2, 0.25) is 5.02 Å². The monoisotopic (exact) mass is 627 g/mol. The number of guanidine groups is 1. The molecule has 1 aliphatic rings. The molecular formula is C25H21ClF3N5O2SSe. The molecule has 0 saturated heterocycles. The van der Waals surface area contributed by atoms with Crippen molar-refractivity contribution in [2.24, 2.45) is 20.2 Å². The fourth-order valence-electron chi connectivity index (χ4n) is 3.88. The molecule has 3 aromatic rings. The first-order valence-electron chi connectivity index (χ1n) is 11.2. The van der Waals surface area contributed by atoms with E-state index in [-0.39, 0.29) is 23.2 Å². The Kier molecular flexibility index (Phi) is 8.27. The van der Waals surface area contributed by atoms with Crippen LogP contribution in [0.15, 0.2) is 98.2 Å². The predicted molar refractivity (Wildman–Crippen MR) is 143 cm³/mol. The average molecular weight is 627 g/mol. The van der Waals surface area contributed by atoms with Gasteiger partial charge in [-0.25, -0.2) is 0 Å². The van der Waals surface area contributed by atoms with Crippen LogP contribution in [0.3, 0.4) is 0 Å².